The van der Waals surface area contributed by atoms with Crippen LogP contribution >= 0.6 is 11.3 Å². The number of rotatable bonds is 7. The lowest BCUT2D eigenvalue weighted by Crippen LogP contribution is -2.20. The number of amides is 1. The molecule has 0 aliphatic heterocycles. The van der Waals surface area contributed by atoms with Crippen molar-refractivity contribution in [1.29, 1.82) is 0 Å². The predicted octanol–water partition coefficient (Wildman–Crippen LogP) is 3.12. The van der Waals surface area contributed by atoms with Gasteiger partial charge in [-0.2, -0.15) is 0 Å². The number of hydrogen-bond acceptors (Lipinski definition) is 6. The largest absolute Gasteiger partial charge is 0.493 e. The lowest BCUT2D eigenvalue weighted by atomic mass is 10.1. The van der Waals surface area contributed by atoms with Gasteiger partial charge in [-0.05, 0) is 37.6 Å². The van der Waals surface area contributed by atoms with Gasteiger partial charge < -0.3 is 19.5 Å². The second kappa shape index (κ2) is 8.53. The molecule has 1 N–H and O–H groups in total. The van der Waals surface area contributed by atoms with Gasteiger partial charge in [-0.25, -0.2) is 4.98 Å². The van der Waals surface area contributed by atoms with E-state index in [1.54, 1.807) is 50.9 Å². The van der Waals surface area contributed by atoms with Crippen molar-refractivity contribution in [2.75, 3.05) is 21.3 Å². The molecule has 1 heterocycles. The molecule has 134 valence electrons. The molecule has 7 heteroatoms. The van der Waals surface area contributed by atoms with Gasteiger partial charge in [0.05, 0.1) is 38.6 Å². The maximum Gasteiger partial charge on any atom is 0.244 e. The summed E-state index contributed by atoms with van der Waals surface area (Å²) in [5.74, 6) is 1.41. The fourth-order valence-corrected chi connectivity index (χ4v) is 3.21. The summed E-state index contributed by atoms with van der Waals surface area (Å²) in [7, 11) is 4.65. The zero-order valence-electron chi connectivity index (χ0n) is 15.0. The first-order valence-corrected chi connectivity index (χ1v) is 8.49. The zero-order valence-corrected chi connectivity index (χ0v) is 15.8. The monoisotopic (exact) mass is 362 g/mol. The van der Waals surface area contributed by atoms with E-state index < -0.39 is 0 Å². The van der Waals surface area contributed by atoms with Crippen molar-refractivity contribution in [1.82, 2.24) is 10.3 Å². The number of nitrogens with one attached hydrogen (secondary N) is 1. The minimum absolute atomic E-state index is 0.181. The van der Waals surface area contributed by atoms with Gasteiger partial charge >= 0.3 is 0 Å². The number of nitrogens with zero attached hydrogens (tertiary/aromatic N) is 1. The van der Waals surface area contributed by atoms with Crippen molar-refractivity contribution in [2.45, 2.75) is 20.4 Å². The second-order valence-electron chi connectivity index (χ2n) is 5.25. The quantitative estimate of drug-likeness (QED) is 0.767. The van der Waals surface area contributed by atoms with Crippen LogP contribution in [0, 0.1) is 13.8 Å². The molecule has 0 unspecified atom stereocenters. The van der Waals surface area contributed by atoms with Gasteiger partial charge in [-0.1, -0.05) is 0 Å². The van der Waals surface area contributed by atoms with E-state index in [-0.39, 0.29) is 5.91 Å². The normalized spacial score (nSPS) is 10.8. The van der Waals surface area contributed by atoms with Gasteiger partial charge in [0.1, 0.15) is 0 Å². The minimum Gasteiger partial charge on any atom is -0.493 e. The van der Waals surface area contributed by atoms with Gasteiger partial charge in [0, 0.05) is 11.0 Å². The molecule has 25 heavy (non-hydrogen) atoms. The summed E-state index contributed by atoms with van der Waals surface area (Å²) in [6, 6.07) is 3.56. The number of aromatic nitrogens is 1. The Kier molecular flexibility index (Phi) is 6.41. The van der Waals surface area contributed by atoms with E-state index in [1.807, 2.05) is 13.8 Å². The molecular formula is C18H22N2O4S. The second-order valence-corrected chi connectivity index (χ2v) is 6.54. The summed E-state index contributed by atoms with van der Waals surface area (Å²) in [6.45, 7) is 4.36. The molecule has 1 aromatic carbocycles. The van der Waals surface area contributed by atoms with E-state index in [4.69, 9.17) is 14.2 Å². The smallest absolute Gasteiger partial charge is 0.244 e. The standard InChI is InChI=1S/C18H22N2O4S/c1-11-16(25-12(2)20-11)10-19-17(21)7-6-13-8-14(22-3)18(24-5)15(9-13)23-4/h6-9H,10H2,1-5H3,(H,19,21)/b7-6+. The van der Waals surface area contributed by atoms with Gasteiger partial charge in [-0.3, -0.25) is 4.79 Å². The third-order valence-corrected chi connectivity index (χ3v) is 4.61. The number of hydrogen-bond donors (Lipinski definition) is 1. The summed E-state index contributed by atoms with van der Waals surface area (Å²) in [5, 5.41) is 3.86. The van der Waals surface area contributed by atoms with Crippen LogP contribution in [0.2, 0.25) is 0 Å². The SMILES string of the molecule is COc1cc(/C=C/C(=O)NCc2sc(C)nc2C)cc(OC)c1OC. The summed E-state index contributed by atoms with van der Waals surface area (Å²) >= 11 is 1.59. The molecular weight excluding hydrogens is 340 g/mol. The van der Waals surface area contributed by atoms with Crippen molar-refractivity contribution in [3.63, 3.8) is 0 Å². The molecule has 2 rings (SSSR count). The first kappa shape index (κ1) is 18.8. The predicted molar refractivity (Wildman–Crippen MR) is 98.6 cm³/mol. The Morgan fingerprint density at radius 3 is 2.28 bits per heavy atom. The Labute approximate surface area is 151 Å². The molecule has 0 atom stereocenters. The number of carbonyl (C=O) groups excluding carboxylic acids is 1. The third kappa shape index (κ3) is 4.73. The molecule has 2 aromatic rings. The average Bonchev–Trinajstić information content (AvgIpc) is 2.94. The molecule has 0 bridgehead atoms. The number of thiazole rings is 1. The van der Waals surface area contributed by atoms with Crippen LogP contribution in [-0.2, 0) is 11.3 Å². The van der Waals surface area contributed by atoms with E-state index in [9.17, 15) is 4.79 Å². The Hall–Kier alpha value is -2.54. The Bertz CT molecular complexity index is 758. The molecule has 0 aliphatic rings. The highest BCUT2D eigenvalue weighted by atomic mass is 32.1. The number of aryl methyl sites for hydroxylation is 2. The highest BCUT2D eigenvalue weighted by Crippen LogP contribution is 2.38. The van der Waals surface area contributed by atoms with Gasteiger partial charge in [-0.15, -0.1) is 11.3 Å². The summed E-state index contributed by atoms with van der Waals surface area (Å²) in [6.07, 6.45) is 3.18. The van der Waals surface area contributed by atoms with Crippen LogP contribution < -0.4 is 19.5 Å². The fourth-order valence-electron chi connectivity index (χ4n) is 2.33. The number of methoxy groups -OCH3 is 3. The fraction of sp³-hybridized carbons (Fsp3) is 0.333. The number of benzene rings is 1. The molecule has 6 nitrogen and oxygen atoms in total. The van der Waals surface area contributed by atoms with Crippen LogP contribution in [0.1, 0.15) is 21.1 Å². The highest BCUT2D eigenvalue weighted by molar-refractivity contribution is 7.11. The van der Waals surface area contributed by atoms with Crippen LogP contribution in [0.5, 0.6) is 17.2 Å². The van der Waals surface area contributed by atoms with Crippen molar-refractivity contribution >= 4 is 23.3 Å². The van der Waals surface area contributed by atoms with Crippen molar-refractivity contribution in [3.05, 3.63) is 39.4 Å². The van der Waals surface area contributed by atoms with Crippen LogP contribution in [0.3, 0.4) is 0 Å². The Balaban J connectivity index is 2.07. The molecule has 0 fully saturated rings. The molecule has 1 amide bonds. The third-order valence-electron chi connectivity index (χ3n) is 3.54. The van der Waals surface area contributed by atoms with E-state index in [2.05, 4.69) is 10.3 Å². The molecule has 0 radical (unpaired) electrons. The Morgan fingerprint density at radius 2 is 1.80 bits per heavy atom. The zero-order chi connectivity index (χ0) is 18.4. The number of carbonyl (C=O) groups is 1. The van der Waals surface area contributed by atoms with Gasteiger partial charge in [0.2, 0.25) is 11.7 Å². The first-order valence-electron chi connectivity index (χ1n) is 7.67. The molecule has 0 saturated heterocycles. The summed E-state index contributed by atoms with van der Waals surface area (Å²) < 4.78 is 15.9. The average molecular weight is 362 g/mol. The van der Waals surface area contributed by atoms with Crippen LogP contribution in [0.4, 0.5) is 0 Å². The lowest BCUT2D eigenvalue weighted by Gasteiger charge is -2.12. The van der Waals surface area contributed by atoms with Crippen LogP contribution in [0.25, 0.3) is 6.08 Å². The van der Waals surface area contributed by atoms with Crippen LogP contribution in [-0.4, -0.2) is 32.2 Å². The van der Waals surface area contributed by atoms with Crippen LogP contribution in [0.15, 0.2) is 18.2 Å². The summed E-state index contributed by atoms with van der Waals surface area (Å²) in [5.41, 5.74) is 1.73. The van der Waals surface area contributed by atoms with E-state index in [0.717, 1.165) is 21.1 Å². The van der Waals surface area contributed by atoms with Crippen molar-refractivity contribution in [2.24, 2.45) is 0 Å². The Morgan fingerprint density at radius 1 is 1.16 bits per heavy atom. The maximum absolute atomic E-state index is 12.0. The van der Waals surface area contributed by atoms with Crippen molar-refractivity contribution in [3.8, 4) is 17.2 Å². The lowest BCUT2D eigenvalue weighted by molar-refractivity contribution is -0.116. The van der Waals surface area contributed by atoms with Gasteiger partial charge in [0.15, 0.2) is 11.5 Å². The molecule has 0 saturated carbocycles. The van der Waals surface area contributed by atoms with Crippen molar-refractivity contribution < 1.29 is 19.0 Å². The van der Waals surface area contributed by atoms with E-state index in [0.29, 0.717) is 23.8 Å². The highest BCUT2D eigenvalue weighted by Gasteiger charge is 2.12. The topological polar surface area (TPSA) is 69.7 Å². The van der Waals surface area contributed by atoms with Gasteiger partial charge in [0.25, 0.3) is 0 Å². The molecule has 1 aromatic heterocycles. The number of ether oxygens (including phenoxy) is 3. The molecule has 0 spiro atoms. The minimum atomic E-state index is -0.181. The summed E-state index contributed by atoms with van der Waals surface area (Å²) in [4.78, 5) is 17.4. The van der Waals surface area contributed by atoms with E-state index in [1.165, 1.54) is 6.08 Å². The maximum atomic E-state index is 12.0. The molecule has 0 aliphatic carbocycles. The van der Waals surface area contributed by atoms with E-state index >= 15 is 0 Å². The first-order chi connectivity index (χ1) is 12.0.